The molecular formula is C12H21N5O2. The van der Waals surface area contributed by atoms with Crippen LogP contribution in [0.3, 0.4) is 0 Å². The van der Waals surface area contributed by atoms with Crippen molar-refractivity contribution in [2.75, 3.05) is 32.2 Å². The molecule has 2 atom stereocenters. The molecule has 2 unspecified atom stereocenters. The minimum absolute atomic E-state index is 0.251. The highest BCUT2D eigenvalue weighted by molar-refractivity contribution is 5.35. The Bertz CT molecular complexity index is 406. The van der Waals surface area contributed by atoms with Crippen LogP contribution in [0.25, 0.3) is 0 Å². The van der Waals surface area contributed by atoms with Gasteiger partial charge in [-0.1, -0.05) is 6.92 Å². The van der Waals surface area contributed by atoms with Gasteiger partial charge in [-0.15, -0.1) is 4.98 Å². The van der Waals surface area contributed by atoms with E-state index in [-0.39, 0.29) is 18.1 Å². The summed E-state index contributed by atoms with van der Waals surface area (Å²) in [7, 11) is 3.05. The van der Waals surface area contributed by atoms with Crippen LogP contribution in [-0.2, 0) is 0 Å². The molecule has 2 rings (SSSR count). The Kier molecular flexibility index (Phi) is 4.36. The molecule has 0 saturated carbocycles. The third kappa shape index (κ3) is 3.04. The normalized spacial score (nSPS) is 23.3. The van der Waals surface area contributed by atoms with Crippen LogP contribution in [0.4, 0.5) is 5.95 Å². The summed E-state index contributed by atoms with van der Waals surface area (Å²) in [6.07, 6.45) is 2.15. The SMILES string of the molecule is COc1nc(OC)nc(N2CCC(C)CC2CN)n1. The first-order valence-corrected chi connectivity index (χ1v) is 6.48. The number of anilines is 1. The lowest BCUT2D eigenvalue weighted by Gasteiger charge is -2.37. The maximum atomic E-state index is 5.86. The summed E-state index contributed by atoms with van der Waals surface area (Å²) in [6, 6.07) is 0.771. The fourth-order valence-electron chi connectivity index (χ4n) is 2.38. The van der Waals surface area contributed by atoms with Crippen molar-refractivity contribution >= 4 is 5.95 Å². The Morgan fingerprint density at radius 1 is 1.21 bits per heavy atom. The Balaban J connectivity index is 2.28. The van der Waals surface area contributed by atoms with Crippen LogP contribution in [0, 0.1) is 5.92 Å². The molecule has 1 aromatic rings. The van der Waals surface area contributed by atoms with Crippen molar-refractivity contribution in [2.45, 2.75) is 25.8 Å². The van der Waals surface area contributed by atoms with E-state index in [0.29, 0.717) is 18.4 Å². The quantitative estimate of drug-likeness (QED) is 0.847. The molecule has 0 spiro atoms. The second-order valence-electron chi connectivity index (χ2n) is 4.82. The summed E-state index contributed by atoms with van der Waals surface area (Å²) in [6.45, 7) is 3.72. The molecule has 0 amide bonds. The zero-order chi connectivity index (χ0) is 13.8. The van der Waals surface area contributed by atoms with Gasteiger partial charge in [-0.3, -0.25) is 0 Å². The maximum absolute atomic E-state index is 5.86. The number of hydrogen-bond acceptors (Lipinski definition) is 7. The molecule has 7 nitrogen and oxygen atoms in total. The second-order valence-corrected chi connectivity index (χ2v) is 4.82. The molecular weight excluding hydrogens is 246 g/mol. The Morgan fingerprint density at radius 3 is 2.37 bits per heavy atom. The van der Waals surface area contributed by atoms with Crippen molar-refractivity contribution in [2.24, 2.45) is 11.7 Å². The van der Waals surface area contributed by atoms with Gasteiger partial charge in [-0.2, -0.15) is 9.97 Å². The second kappa shape index (κ2) is 6.01. The van der Waals surface area contributed by atoms with Gasteiger partial charge < -0.3 is 20.1 Å². The first-order valence-electron chi connectivity index (χ1n) is 6.48. The van der Waals surface area contributed by atoms with Gasteiger partial charge in [0, 0.05) is 19.1 Å². The van der Waals surface area contributed by atoms with Gasteiger partial charge in [0.1, 0.15) is 0 Å². The van der Waals surface area contributed by atoms with E-state index >= 15 is 0 Å². The van der Waals surface area contributed by atoms with Crippen molar-refractivity contribution in [3.63, 3.8) is 0 Å². The number of ether oxygens (including phenoxy) is 2. The summed E-state index contributed by atoms with van der Waals surface area (Å²) < 4.78 is 10.2. The minimum atomic E-state index is 0.251. The van der Waals surface area contributed by atoms with Crippen LogP contribution < -0.4 is 20.1 Å². The molecule has 1 saturated heterocycles. The van der Waals surface area contributed by atoms with Crippen LogP contribution in [0.5, 0.6) is 12.0 Å². The standard InChI is InChI=1S/C12H21N5O2/c1-8-4-5-17(9(6-8)7-13)10-14-11(18-2)16-12(15-10)19-3/h8-9H,4-7,13H2,1-3H3. The van der Waals surface area contributed by atoms with Gasteiger partial charge in [0.15, 0.2) is 0 Å². The zero-order valence-electron chi connectivity index (χ0n) is 11.7. The lowest BCUT2D eigenvalue weighted by Crippen LogP contribution is -2.47. The number of methoxy groups -OCH3 is 2. The maximum Gasteiger partial charge on any atom is 0.324 e. The van der Waals surface area contributed by atoms with Gasteiger partial charge in [-0.05, 0) is 18.8 Å². The van der Waals surface area contributed by atoms with E-state index in [9.17, 15) is 0 Å². The number of nitrogens with two attached hydrogens (primary N) is 1. The monoisotopic (exact) mass is 267 g/mol. The van der Waals surface area contributed by atoms with E-state index in [1.54, 1.807) is 0 Å². The largest absolute Gasteiger partial charge is 0.467 e. The third-order valence-corrected chi connectivity index (χ3v) is 3.45. The molecule has 7 heteroatoms. The summed E-state index contributed by atoms with van der Waals surface area (Å²) >= 11 is 0. The van der Waals surface area contributed by atoms with E-state index in [0.717, 1.165) is 19.4 Å². The first kappa shape index (κ1) is 13.8. The van der Waals surface area contributed by atoms with E-state index in [4.69, 9.17) is 15.2 Å². The lowest BCUT2D eigenvalue weighted by molar-refractivity contribution is 0.330. The fourth-order valence-corrected chi connectivity index (χ4v) is 2.38. The number of aromatic nitrogens is 3. The smallest absolute Gasteiger partial charge is 0.324 e. The predicted octanol–water partition coefficient (Wildman–Crippen LogP) is 0.452. The molecule has 1 aliphatic rings. The van der Waals surface area contributed by atoms with E-state index in [2.05, 4.69) is 26.8 Å². The molecule has 1 aliphatic heterocycles. The molecule has 106 valence electrons. The Hall–Kier alpha value is -1.63. The van der Waals surface area contributed by atoms with E-state index in [1.807, 2.05) is 0 Å². The van der Waals surface area contributed by atoms with Crippen LogP contribution in [0.15, 0.2) is 0 Å². The number of nitrogens with zero attached hydrogens (tertiary/aromatic N) is 4. The van der Waals surface area contributed by atoms with Crippen molar-refractivity contribution in [1.29, 1.82) is 0 Å². The molecule has 2 heterocycles. The highest BCUT2D eigenvalue weighted by Gasteiger charge is 2.28. The van der Waals surface area contributed by atoms with Crippen LogP contribution >= 0.6 is 0 Å². The average Bonchev–Trinajstić information content (AvgIpc) is 2.46. The number of rotatable bonds is 4. The van der Waals surface area contributed by atoms with Crippen LogP contribution in [0.1, 0.15) is 19.8 Å². The molecule has 1 fully saturated rings. The summed E-state index contributed by atoms with van der Waals surface area (Å²) in [4.78, 5) is 14.7. The molecule has 1 aromatic heterocycles. The highest BCUT2D eigenvalue weighted by Crippen LogP contribution is 2.26. The fraction of sp³-hybridized carbons (Fsp3) is 0.750. The molecule has 2 N–H and O–H groups in total. The summed E-state index contributed by atoms with van der Waals surface area (Å²) in [5, 5.41) is 0. The minimum Gasteiger partial charge on any atom is -0.467 e. The van der Waals surface area contributed by atoms with Crippen LogP contribution in [-0.4, -0.2) is 48.3 Å². The van der Waals surface area contributed by atoms with Gasteiger partial charge in [0.05, 0.1) is 14.2 Å². The topological polar surface area (TPSA) is 86.4 Å². The molecule has 0 aliphatic carbocycles. The Labute approximate surface area is 113 Å². The molecule has 0 aromatic carbocycles. The molecule has 0 bridgehead atoms. The van der Waals surface area contributed by atoms with Crippen molar-refractivity contribution in [3.05, 3.63) is 0 Å². The van der Waals surface area contributed by atoms with Crippen molar-refractivity contribution in [1.82, 2.24) is 15.0 Å². The van der Waals surface area contributed by atoms with E-state index < -0.39 is 0 Å². The van der Waals surface area contributed by atoms with Gasteiger partial charge in [0.25, 0.3) is 0 Å². The summed E-state index contributed by atoms with van der Waals surface area (Å²) in [5.41, 5.74) is 5.86. The summed E-state index contributed by atoms with van der Waals surface area (Å²) in [5.74, 6) is 1.25. The number of hydrogen-bond donors (Lipinski definition) is 1. The van der Waals surface area contributed by atoms with Crippen molar-refractivity contribution in [3.8, 4) is 12.0 Å². The number of piperidine rings is 1. The highest BCUT2D eigenvalue weighted by atomic mass is 16.5. The lowest BCUT2D eigenvalue weighted by atomic mass is 9.93. The first-order chi connectivity index (χ1) is 9.17. The van der Waals surface area contributed by atoms with Gasteiger partial charge in [0.2, 0.25) is 5.95 Å². The Morgan fingerprint density at radius 2 is 1.84 bits per heavy atom. The van der Waals surface area contributed by atoms with Gasteiger partial charge in [-0.25, -0.2) is 0 Å². The van der Waals surface area contributed by atoms with Gasteiger partial charge >= 0.3 is 12.0 Å². The van der Waals surface area contributed by atoms with Crippen molar-refractivity contribution < 1.29 is 9.47 Å². The predicted molar refractivity (Wildman–Crippen MR) is 71.5 cm³/mol. The average molecular weight is 267 g/mol. The molecule has 19 heavy (non-hydrogen) atoms. The van der Waals surface area contributed by atoms with E-state index in [1.165, 1.54) is 14.2 Å². The third-order valence-electron chi connectivity index (χ3n) is 3.45. The van der Waals surface area contributed by atoms with Crippen LogP contribution in [0.2, 0.25) is 0 Å². The molecule has 0 radical (unpaired) electrons. The zero-order valence-corrected chi connectivity index (χ0v) is 11.7.